The summed E-state index contributed by atoms with van der Waals surface area (Å²) in [4.78, 5) is 8.66. The second-order valence-electron chi connectivity index (χ2n) is 5.44. The van der Waals surface area contributed by atoms with Gasteiger partial charge in [0.15, 0.2) is 5.65 Å². The van der Waals surface area contributed by atoms with E-state index in [0.717, 1.165) is 37.1 Å². The standard InChI is InChI=1S/C13H20N6O/c1-8(2)10-7-16-19-11(10)17-13(18-12(19)14)20-9-4-3-5-15-6-9/h7-9,15H,3-6H2,1-2H3,(H2,14,17,18). The van der Waals surface area contributed by atoms with Gasteiger partial charge in [0.05, 0.1) is 6.20 Å². The molecule has 1 atom stereocenters. The third-order valence-electron chi connectivity index (χ3n) is 3.55. The van der Waals surface area contributed by atoms with E-state index in [4.69, 9.17) is 10.5 Å². The van der Waals surface area contributed by atoms with Crippen molar-refractivity contribution in [3.05, 3.63) is 11.8 Å². The summed E-state index contributed by atoms with van der Waals surface area (Å²) in [5, 5.41) is 7.53. The number of aromatic nitrogens is 4. The monoisotopic (exact) mass is 276 g/mol. The number of nitrogens with one attached hydrogen (secondary N) is 1. The molecule has 108 valence electrons. The molecular weight excluding hydrogens is 256 g/mol. The summed E-state index contributed by atoms with van der Waals surface area (Å²) in [6.45, 7) is 6.06. The fourth-order valence-corrected chi connectivity index (χ4v) is 2.42. The molecule has 1 aliphatic rings. The van der Waals surface area contributed by atoms with E-state index in [1.54, 1.807) is 10.7 Å². The lowest BCUT2D eigenvalue weighted by Gasteiger charge is -2.22. The van der Waals surface area contributed by atoms with Gasteiger partial charge in [-0.3, -0.25) is 0 Å². The number of piperidine rings is 1. The Bertz CT molecular complexity index is 602. The number of anilines is 1. The van der Waals surface area contributed by atoms with Crippen molar-refractivity contribution >= 4 is 11.6 Å². The zero-order chi connectivity index (χ0) is 14.1. The Labute approximate surface area is 117 Å². The molecule has 20 heavy (non-hydrogen) atoms. The van der Waals surface area contributed by atoms with Gasteiger partial charge in [0.1, 0.15) is 6.10 Å². The molecule has 1 aliphatic heterocycles. The van der Waals surface area contributed by atoms with Crippen LogP contribution in [0.15, 0.2) is 6.20 Å². The number of ether oxygens (including phenoxy) is 1. The van der Waals surface area contributed by atoms with Gasteiger partial charge >= 0.3 is 6.01 Å². The maximum Gasteiger partial charge on any atom is 0.322 e. The summed E-state index contributed by atoms with van der Waals surface area (Å²) in [5.74, 6) is 0.631. The van der Waals surface area contributed by atoms with Crippen molar-refractivity contribution in [3.8, 4) is 6.01 Å². The average Bonchev–Trinajstić information content (AvgIpc) is 2.84. The van der Waals surface area contributed by atoms with E-state index in [0.29, 0.717) is 17.9 Å². The SMILES string of the molecule is CC(C)c1cnn2c(N)nc(OC3CCCNC3)nc12. The molecule has 0 saturated carbocycles. The summed E-state index contributed by atoms with van der Waals surface area (Å²) >= 11 is 0. The van der Waals surface area contributed by atoms with Crippen molar-refractivity contribution in [1.82, 2.24) is 24.9 Å². The van der Waals surface area contributed by atoms with Crippen LogP contribution in [0.3, 0.4) is 0 Å². The van der Waals surface area contributed by atoms with Crippen molar-refractivity contribution in [2.45, 2.75) is 38.7 Å². The first kappa shape index (κ1) is 13.1. The van der Waals surface area contributed by atoms with Crippen LogP contribution in [0.4, 0.5) is 5.95 Å². The van der Waals surface area contributed by atoms with Crippen molar-refractivity contribution in [3.63, 3.8) is 0 Å². The third kappa shape index (κ3) is 2.40. The number of nitrogens with zero attached hydrogens (tertiary/aromatic N) is 4. The van der Waals surface area contributed by atoms with E-state index < -0.39 is 0 Å². The lowest BCUT2D eigenvalue weighted by Crippen LogP contribution is -2.37. The van der Waals surface area contributed by atoms with Gasteiger partial charge in [-0.2, -0.15) is 19.6 Å². The van der Waals surface area contributed by atoms with Gasteiger partial charge in [-0.05, 0) is 25.3 Å². The molecule has 0 bridgehead atoms. The molecule has 3 rings (SSSR count). The quantitative estimate of drug-likeness (QED) is 0.868. The zero-order valence-corrected chi connectivity index (χ0v) is 11.8. The number of hydrogen-bond acceptors (Lipinski definition) is 6. The van der Waals surface area contributed by atoms with Gasteiger partial charge in [0, 0.05) is 12.1 Å². The molecule has 3 heterocycles. The zero-order valence-electron chi connectivity index (χ0n) is 11.8. The highest BCUT2D eigenvalue weighted by atomic mass is 16.5. The molecule has 2 aromatic heterocycles. The maximum atomic E-state index is 5.93. The number of hydrogen-bond donors (Lipinski definition) is 2. The highest BCUT2D eigenvalue weighted by Crippen LogP contribution is 2.22. The first-order valence-electron chi connectivity index (χ1n) is 7.03. The number of fused-ring (bicyclic) bond motifs is 1. The molecule has 0 aromatic carbocycles. The highest BCUT2D eigenvalue weighted by Gasteiger charge is 2.18. The summed E-state index contributed by atoms with van der Waals surface area (Å²) in [7, 11) is 0. The Morgan fingerprint density at radius 2 is 2.30 bits per heavy atom. The van der Waals surface area contributed by atoms with Crippen LogP contribution in [0.1, 0.15) is 38.2 Å². The Morgan fingerprint density at radius 1 is 1.45 bits per heavy atom. The van der Waals surface area contributed by atoms with E-state index >= 15 is 0 Å². The second kappa shape index (κ2) is 5.24. The van der Waals surface area contributed by atoms with Crippen LogP contribution in [0.2, 0.25) is 0 Å². The summed E-state index contributed by atoms with van der Waals surface area (Å²) < 4.78 is 7.40. The minimum Gasteiger partial charge on any atom is -0.459 e. The molecule has 7 heteroatoms. The Balaban J connectivity index is 1.93. The van der Waals surface area contributed by atoms with Gasteiger partial charge < -0.3 is 15.8 Å². The largest absolute Gasteiger partial charge is 0.459 e. The third-order valence-corrected chi connectivity index (χ3v) is 3.55. The van der Waals surface area contributed by atoms with Crippen molar-refractivity contribution < 1.29 is 4.74 Å². The molecule has 2 aromatic rings. The molecular formula is C13H20N6O. The number of nitrogens with two attached hydrogens (primary N) is 1. The van der Waals surface area contributed by atoms with Gasteiger partial charge in [-0.15, -0.1) is 0 Å². The van der Waals surface area contributed by atoms with E-state index in [2.05, 4.69) is 34.2 Å². The van der Waals surface area contributed by atoms with Crippen LogP contribution in [0.25, 0.3) is 5.65 Å². The smallest absolute Gasteiger partial charge is 0.322 e. The van der Waals surface area contributed by atoms with Crippen LogP contribution < -0.4 is 15.8 Å². The minimum absolute atomic E-state index is 0.107. The molecule has 1 fully saturated rings. The fourth-order valence-electron chi connectivity index (χ4n) is 2.42. The van der Waals surface area contributed by atoms with E-state index in [1.807, 2.05) is 0 Å². The Morgan fingerprint density at radius 3 is 3.00 bits per heavy atom. The van der Waals surface area contributed by atoms with Crippen LogP contribution in [-0.4, -0.2) is 38.8 Å². The summed E-state index contributed by atoms with van der Waals surface area (Å²) in [5.41, 5.74) is 7.70. The van der Waals surface area contributed by atoms with Crippen LogP contribution in [0, 0.1) is 0 Å². The average molecular weight is 276 g/mol. The minimum atomic E-state index is 0.107. The summed E-state index contributed by atoms with van der Waals surface area (Å²) in [6.07, 6.45) is 4.01. The summed E-state index contributed by atoms with van der Waals surface area (Å²) in [6, 6.07) is 0.339. The van der Waals surface area contributed by atoms with Crippen LogP contribution in [0.5, 0.6) is 6.01 Å². The second-order valence-corrected chi connectivity index (χ2v) is 5.44. The lowest BCUT2D eigenvalue weighted by molar-refractivity contribution is 0.153. The van der Waals surface area contributed by atoms with Crippen molar-refractivity contribution in [1.29, 1.82) is 0 Å². The lowest BCUT2D eigenvalue weighted by atomic mass is 10.1. The fraction of sp³-hybridized carbons (Fsp3) is 0.615. The van der Waals surface area contributed by atoms with Gasteiger partial charge in [0.2, 0.25) is 5.95 Å². The van der Waals surface area contributed by atoms with E-state index in [-0.39, 0.29) is 6.10 Å². The van der Waals surface area contributed by atoms with Gasteiger partial charge in [-0.25, -0.2) is 0 Å². The van der Waals surface area contributed by atoms with Crippen molar-refractivity contribution in [2.24, 2.45) is 0 Å². The molecule has 1 unspecified atom stereocenters. The predicted molar refractivity (Wildman–Crippen MR) is 75.8 cm³/mol. The first-order valence-corrected chi connectivity index (χ1v) is 7.03. The topological polar surface area (TPSA) is 90.4 Å². The molecule has 0 aliphatic carbocycles. The number of nitrogen functional groups attached to an aromatic ring is 1. The normalized spacial score (nSPS) is 19.6. The van der Waals surface area contributed by atoms with E-state index in [1.165, 1.54) is 0 Å². The van der Waals surface area contributed by atoms with Gasteiger partial charge in [-0.1, -0.05) is 13.8 Å². The molecule has 0 spiro atoms. The maximum absolute atomic E-state index is 5.93. The van der Waals surface area contributed by atoms with Gasteiger partial charge in [0.25, 0.3) is 0 Å². The van der Waals surface area contributed by atoms with E-state index in [9.17, 15) is 0 Å². The van der Waals surface area contributed by atoms with Crippen molar-refractivity contribution in [2.75, 3.05) is 18.8 Å². The molecule has 7 nitrogen and oxygen atoms in total. The van der Waals surface area contributed by atoms with Crippen LogP contribution >= 0.6 is 0 Å². The predicted octanol–water partition coefficient (Wildman–Crippen LogP) is 0.961. The molecule has 1 saturated heterocycles. The molecule has 3 N–H and O–H groups in total. The Kier molecular flexibility index (Phi) is 3.43. The first-order chi connectivity index (χ1) is 9.65. The molecule has 0 radical (unpaired) electrons. The Hall–Kier alpha value is -1.89. The molecule has 0 amide bonds. The highest BCUT2D eigenvalue weighted by molar-refractivity contribution is 5.51. The number of rotatable bonds is 3. The van der Waals surface area contributed by atoms with Crippen LogP contribution in [-0.2, 0) is 0 Å².